The van der Waals surface area contributed by atoms with Crippen molar-refractivity contribution in [3.05, 3.63) is 29.8 Å². The van der Waals surface area contributed by atoms with Gasteiger partial charge in [-0.3, -0.25) is 9.69 Å². The van der Waals surface area contributed by atoms with E-state index >= 15 is 0 Å². The maximum atomic E-state index is 12.6. The number of benzene rings is 1. The van der Waals surface area contributed by atoms with Crippen molar-refractivity contribution in [2.75, 3.05) is 37.7 Å². The zero-order valence-electron chi connectivity index (χ0n) is 13.1. The van der Waals surface area contributed by atoms with Gasteiger partial charge in [-0.15, -0.1) is 0 Å². The van der Waals surface area contributed by atoms with Crippen molar-refractivity contribution in [3.63, 3.8) is 0 Å². The molecule has 4 nitrogen and oxygen atoms in total. The second-order valence-corrected chi connectivity index (χ2v) is 5.85. The number of carbonyl (C=O) groups is 1. The van der Waals surface area contributed by atoms with Gasteiger partial charge in [0.25, 0.3) is 0 Å². The van der Waals surface area contributed by atoms with Gasteiger partial charge in [-0.2, -0.15) is 0 Å². The van der Waals surface area contributed by atoms with E-state index < -0.39 is 0 Å². The quantitative estimate of drug-likeness (QED) is 0.902. The molecule has 1 saturated heterocycles. The third kappa shape index (κ3) is 4.05. The molecule has 1 atom stereocenters. The second kappa shape index (κ2) is 7.57. The standard InChI is InChI=1S/C17H26N2O2/c1-3-19(16-9-5-4-7-14(16)2)17(21)12-18-10-6-8-15(11-18)13-20/h4-5,7,9,15,20H,3,6,8,10-13H2,1-2H3. The molecular weight excluding hydrogens is 264 g/mol. The number of aliphatic hydroxyl groups excluding tert-OH is 1. The highest BCUT2D eigenvalue weighted by atomic mass is 16.3. The van der Waals surface area contributed by atoms with E-state index in [1.165, 1.54) is 0 Å². The van der Waals surface area contributed by atoms with Crippen molar-refractivity contribution < 1.29 is 9.90 Å². The molecule has 1 aliphatic rings. The maximum Gasteiger partial charge on any atom is 0.241 e. The summed E-state index contributed by atoms with van der Waals surface area (Å²) in [6.07, 6.45) is 2.13. The number of hydrogen-bond acceptors (Lipinski definition) is 3. The predicted octanol–water partition coefficient (Wildman–Crippen LogP) is 2.05. The number of rotatable bonds is 5. The zero-order chi connectivity index (χ0) is 15.2. The molecule has 0 radical (unpaired) electrons. The monoisotopic (exact) mass is 290 g/mol. The number of aliphatic hydroxyl groups is 1. The first-order chi connectivity index (χ1) is 10.2. The van der Waals surface area contributed by atoms with Crippen LogP contribution < -0.4 is 4.90 Å². The Hall–Kier alpha value is -1.39. The number of carbonyl (C=O) groups excluding carboxylic acids is 1. The van der Waals surface area contributed by atoms with Gasteiger partial charge in [0, 0.05) is 25.4 Å². The summed E-state index contributed by atoms with van der Waals surface area (Å²) in [5, 5.41) is 9.29. The molecule has 0 saturated carbocycles. The van der Waals surface area contributed by atoms with Gasteiger partial charge in [0.15, 0.2) is 0 Å². The first kappa shape index (κ1) is 16.0. The second-order valence-electron chi connectivity index (χ2n) is 5.85. The fraction of sp³-hybridized carbons (Fsp3) is 0.588. The average molecular weight is 290 g/mol. The molecule has 1 aromatic rings. The Morgan fingerprint density at radius 3 is 2.86 bits per heavy atom. The Labute approximate surface area is 127 Å². The van der Waals surface area contributed by atoms with Gasteiger partial charge in [0.05, 0.1) is 6.54 Å². The lowest BCUT2D eigenvalue weighted by Crippen LogP contribution is -2.45. The van der Waals surface area contributed by atoms with Crippen LogP contribution in [0.15, 0.2) is 24.3 Å². The number of nitrogens with zero attached hydrogens (tertiary/aromatic N) is 2. The van der Waals surface area contributed by atoms with E-state index in [4.69, 9.17) is 0 Å². The lowest BCUT2D eigenvalue weighted by molar-refractivity contribution is -0.120. The topological polar surface area (TPSA) is 43.8 Å². The Morgan fingerprint density at radius 2 is 2.19 bits per heavy atom. The summed E-state index contributed by atoms with van der Waals surface area (Å²) in [6, 6.07) is 8.01. The van der Waals surface area contributed by atoms with Crippen LogP contribution in [-0.4, -0.2) is 48.7 Å². The van der Waals surface area contributed by atoms with E-state index in [1.54, 1.807) is 0 Å². The molecule has 1 amide bonds. The van der Waals surface area contributed by atoms with Gasteiger partial charge in [-0.05, 0) is 50.8 Å². The van der Waals surface area contributed by atoms with E-state index in [2.05, 4.69) is 4.90 Å². The van der Waals surface area contributed by atoms with Gasteiger partial charge in [0.2, 0.25) is 5.91 Å². The Balaban J connectivity index is 2.02. The van der Waals surface area contributed by atoms with Crippen LogP contribution in [0.1, 0.15) is 25.3 Å². The van der Waals surface area contributed by atoms with Crippen LogP contribution in [-0.2, 0) is 4.79 Å². The van der Waals surface area contributed by atoms with E-state index in [9.17, 15) is 9.90 Å². The number of anilines is 1. The number of para-hydroxylation sites is 1. The van der Waals surface area contributed by atoms with Gasteiger partial charge >= 0.3 is 0 Å². The highest BCUT2D eigenvalue weighted by Crippen LogP contribution is 2.21. The predicted molar refractivity (Wildman–Crippen MR) is 85.5 cm³/mol. The minimum Gasteiger partial charge on any atom is -0.396 e. The summed E-state index contributed by atoms with van der Waals surface area (Å²) in [4.78, 5) is 16.6. The number of likely N-dealkylation sites (tertiary alicyclic amines) is 1. The van der Waals surface area contributed by atoms with E-state index in [0.717, 1.165) is 37.2 Å². The summed E-state index contributed by atoms with van der Waals surface area (Å²) in [7, 11) is 0. The number of aryl methyl sites for hydroxylation is 1. The molecular formula is C17H26N2O2. The normalized spacial score (nSPS) is 19.5. The molecule has 1 unspecified atom stereocenters. The molecule has 0 aromatic heterocycles. The third-order valence-corrected chi connectivity index (χ3v) is 4.24. The van der Waals surface area contributed by atoms with E-state index in [1.807, 2.05) is 43.0 Å². The van der Waals surface area contributed by atoms with Crippen LogP contribution in [0.5, 0.6) is 0 Å². The molecule has 21 heavy (non-hydrogen) atoms. The third-order valence-electron chi connectivity index (χ3n) is 4.24. The fourth-order valence-electron chi connectivity index (χ4n) is 3.07. The minimum atomic E-state index is 0.144. The number of amides is 1. The van der Waals surface area contributed by atoms with Crippen molar-refractivity contribution in [3.8, 4) is 0 Å². The van der Waals surface area contributed by atoms with Crippen LogP contribution >= 0.6 is 0 Å². The largest absolute Gasteiger partial charge is 0.396 e. The van der Waals surface area contributed by atoms with Gasteiger partial charge < -0.3 is 10.0 Å². The Bertz CT molecular complexity index is 476. The van der Waals surface area contributed by atoms with E-state index in [0.29, 0.717) is 19.0 Å². The Kier molecular flexibility index (Phi) is 5.76. The van der Waals surface area contributed by atoms with Crippen molar-refractivity contribution in [1.29, 1.82) is 0 Å². The molecule has 1 fully saturated rings. The molecule has 1 aliphatic heterocycles. The molecule has 0 bridgehead atoms. The smallest absolute Gasteiger partial charge is 0.241 e. The fourth-order valence-corrected chi connectivity index (χ4v) is 3.07. The summed E-state index contributed by atoms with van der Waals surface area (Å²) < 4.78 is 0. The van der Waals surface area contributed by atoms with Crippen molar-refractivity contribution in [2.24, 2.45) is 5.92 Å². The van der Waals surface area contributed by atoms with Crippen LogP contribution in [0.2, 0.25) is 0 Å². The lowest BCUT2D eigenvalue weighted by atomic mass is 9.99. The maximum absolute atomic E-state index is 12.6. The number of hydrogen-bond donors (Lipinski definition) is 1. The zero-order valence-corrected chi connectivity index (χ0v) is 13.1. The molecule has 2 rings (SSSR count). The number of likely N-dealkylation sites (N-methyl/N-ethyl adjacent to an activating group) is 1. The van der Waals surface area contributed by atoms with Crippen molar-refractivity contribution >= 4 is 11.6 Å². The van der Waals surface area contributed by atoms with Crippen LogP contribution in [0.3, 0.4) is 0 Å². The van der Waals surface area contributed by atoms with Crippen molar-refractivity contribution in [2.45, 2.75) is 26.7 Å². The summed E-state index contributed by atoms with van der Waals surface area (Å²) in [5.74, 6) is 0.463. The number of piperidine rings is 1. The molecule has 1 heterocycles. The minimum absolute atomic E-state index is 0.144. The molecule has 1 N–H and O–H groups in total. The summed E-state index contributed by atoms with van der Waals surface area (Å²) >= 11 is 0. The molecule has 116 valence electrons. The molecule has 1 aromatic carbocycles. The van der Waals surface area contributed by atoms with Crippen LogP contribution in [0.25, 0.3) is 0 Å². The lowest BCUT2D eigenvalue weighted by Gasteiger charge is -2.33. The molecule has 0 aliphatic carbocycles. The SMILES string of the molecule is CCN(C(=O)CN1CCCC(CO)C1)c1ccccc1C. The van der Waals surface area contributed by atoms with Gasteiger partial charge in [-0.25, -0.2) is 0 Å². The van der Waals surface area contributed by atoms with Crippen molar-refractivity contribution in [1.82, 2.24) is 4.90 Å². The van der Waals surface area contributed by atoms with Crippen LogP contribution in [0, 0.1) is 12.8 Å². The Morgan fingerprint density at radius 1 is 1.43 bits per heavy atom. The highest BCUT2D eigenvalue weighted by molar-refractivity contribution is 5.95. The summed E-state index contributed by atoms with van der Waals surface area (Å²) in [5.41, 5.74) is 2.13. The molecule has 4 heteroatoms. The first-order valence-electron chi connectivity index (χ1n) is 7.85. The van der Waals surface area contributed by atoms with Gasteiger partial charge in [0.1, 0.15) is 0 Å². The molecule has 0 spiro atoms. The first-order valence-corrected chi connectivity index (χ1v) is 7.85. The van der Waals surface area contributed by atoms with Crippen LogP contribution in [0.4, 0.5) is 5.69 Å². The summed E-state index contributed by atoms with van der Waals surface area (Å²) in [6.45, 7) is 7.17. The van der Waals surface area contributed by atoms with Gasteiger partial charge in [-0.1, -0.05) is 18.2 Å². The van der Waals surface area contributed by atoms with E-state index in [-0.39, 0.29) is 12.5 Å². The highest BCUT2D eigenvalue weighted by Gasteiger charge is 2.23. The average Bonchev–Trinajstić information content (AvgIpc) is 2.50.